The van der Waals surface area contributed by atoms with Crippen LogP contribution in [0.3, 0.4) is 0 Å². The molecule has 0 amide bonds. The number of hydrogen-bond acceptors (Lipinski definition) is 5. The molecule has 5 aliphatic rings. The minimum absolute atomic E-state index is 0.274. The Hall–Kier alpha value is -11.1. The standard InChI is InChI=1S/C93H67NO4/c1-89(2)65-44-49(36-40-56(65)74-68(89)47-62(86-77(74)59-26-14-20-32-70(59)96-86)48-35-39-53-52-23-13-19-31-69(52)95-73(53)43-48)94(50-37-41-57-66(45-50)92(7,8)83-76(57)79-61-28-16-22-34-72(61)97-87(79)80-55-25-12-18-30-64(55)91(5,6)84(80)83)51-38-42-58-67(46-51)93(9,10)85-81(58)88-78(60-27-15-21-33-71(60)98-88)75-54-24-11-17-29-63(54)90(3,4)82(75)85/h11-47H,1-10H3. The van der Waals surface area contributed by atoms with Crippen LogP contribution in [0.2, 0.25) is 0 Å². The number of hydrogen-bond donors (Lipinski definition) is 0. The molecule has 0 saturated carbocycles. The second-order valence-electron chi connectivity index (χ2n) is 31.3. The summed E-state index contributed by atoms with van der Waals surface area (Å²) >= 11 is 0. The molecule has 0 radical (unpaired) electrons. The van der Waals surface area contributed by atoms with Gasteiger partial charge in [-0.05, 0) is 185 Å². The first-order valence-corrected chi connectivity index (χ1v) is 34.8. The maximum absolute atomic E-state index is 7.23. The fourth-order valence-electron chi connectivity index (χ4n) is 20.1. The van der Waals surface area contributed by atoms with E-state index in [2.05, 4.69) is 293 Å². The van der Waals surface area contributed by atoms with Gasteiger partial charge in [0, 0.05) is 104 Å². The highest BCUT2D eigenvalue weighted by Crippen LogP contribution is 2.67. The normalized spacial score (nSPS) is 16.3. The van der Waals surface area contributed by atoms with Crippen molar-refractivity contribution in [2.45, 2.75) is 96.3 Å². The van der Waals surface area contributed by atoms with Gasteiger partial charge in [0.05, 0.1) is 0 Å². The molecule has 5 nitrogen and oxygen atoms in total. The second-order valence-corrected chi connectivity index (χ2v) is 31.3. The van der Waals surface area contributed by atoms with Gasteiger partial charge in [-0.3, -0.25) is 0 Å². The van der Waals surface area contributed by atoms with E-state index in [-0.39, 0.29) is 10.8 Å². The van der Waals surface area contributed by atoms with Crippen molar-refractivity contribution in [1.82, 2.24) is 0 Å². The van der Waals surface area contributed by atoms with E-state index in [9.17, 15) is 0 Å². The largest absolute Gasteiger partial charge is 0.456 e. The van der Waals surface area contributed by atoms with Crippen LogP contribution in [-0.4, -0.2) is 0 Å². The minimum atomic E-state index is -0.438. The van der Waals surface area contributed by atoms with Crippen LogP contribution in [-0.2, 0) is 27.1 Å². The third kappa shape index (κ3) is 6.51. The van der Waals surface area contributed by atoms with Crippen LogP contribution < -0.4 is 4.90 Å². The molecule has 0 spiro atoms. The molecule has 22 rings (SSSR count). The molecule has 0 unspecified atom stereocenters. The van der Waals surface area contributed by atoms with E-state index in [1.807, 2.05) is 6.07 Å². The number of rotatable bonds is 4. The lowest BCUT2D eigenvalue weighted by Gasteiger charge is -2.33. The average Bonchev–Trinajstić information content (AvgIpc) is 1.51. The first-order chi connectivity index (χ1) is 47.4. The summed E-state index contributed by atoms with van der Waals surface area (Å²) in [5.74, 6) is 0. The van der Waals surface area contributed by atoms with Crippen molar-refractivity contribution in [3.63, 3.8) is 0 Å². The maximum atomic E-state index is 7.23. The molecule has 4 aromatic heterocycles. The summed E-state index contributed by atoms with van der Waals surface area (Å²) in [5.41, 5.74) is 36.8. The molecule has 0 atom stereocenters. The number of furan rings is 4. The Bertz CT molecular complexity index is 6600. The average molecular weight is 1260 g/mol. The van der Waals surface area contributed by atoms with Gasteiger partial charge in [0.25, 0.3) is 0 Å². The van der Waals surface area contributed by atoms with Crippen molar-refractivity contribution in [3.05, 3.63) is 280 Å². The zero-order chi connectivity index (χ0) is 65.7. The quantitative estimate of drug-likeness (QED) is 0.176. The monoisotopic (exact) mass is 1260 g/mol. The van der Waals surface area contributed by atoms with Crippen molar-refractivity contribution in [1.29, 1.82) is 0 Å². The van der Waals surface area contributed by atoms with Crippen LogP contribution in [0.4, 0.5) is 17.1 Å². The van der Waals surface area contributed by atoms with Crippen LogP contribution in [0.25, 0.3) is 155 Å². The number of nitrogens with zero attached hydrogens (tertiary/aromatic N) is 1. The van der Waals surface area contributed by atoms with E-state index in [1.54, 1.807) is 0 Å². The Kier molecular flexibility index (Phi) is 10.1. The number of benzene rings is 13. The molecule has 5 heteroatoms. The maximum Gasteiger partial charge on any atom is 0.144 e. The van der Waals surface area contributed by atoms with Crippen molar-refractivity contribution in [2.24, 2.45) is 0 Å². The summed E-state index contributed by atoms with van der Waals surface area (Å²) in [4.78, 5) is 2.57. The zero-order valence-electron chi connectivity index (χ0n) is 56.4. The smallest absolute Gasteiger partial charge is 0.144 e. The lowest BCUT2D eigenvalue weighted by molar-refractivity contribution is 0.600. The van der Waals surface area contributed by atoms with E-state index in [4.69, 9.17) is 17.7 Å². The van der Waals surface area contributed by atoms with Gasteiger partial charge in [-0.15, -0.1) is 0 Å². The molecule has 0 bridgehead atoms. The van der Waals surface area contributed by atoms with Crippen molar-refractivity contribution in [2.75, 3.05) is 4.90 Å². The summed E-state index contributed by atoms with van der Waals surface area (Å²) in [7, 11) is 0. The second kappa shape index (κ2) is 17.9. The fraction of sp³-hybridized carbons (Fsp3) is 0.161. The number of para-hydroxylation sites is 4. The van der Waals surface area contributed by atoms with Gasteiger partial charge < -0.3 is 22.6 Å². The van der Waals surface area contributed by atoms with Crippen LogP contribution in [0.15, 0.2) is 242 Å². The molecular formula is C93H67NO4. The Morgan fingerprint density at radius 1 is 0.235 bits per heavy atom. The summed E-state index contributed by atoms with van der Waals surface area (Å²) in [5, 5.41) is 9.20. The van der Waals surface area contributed by atoms with Crippen molar-refractivity contribution >= 4 is 105 Å². The molecule has 0 saturated heterocycles. The van der Waals surface area contributed by atoms with Gasteiger partial charge in [0.1, 0.15) is 44.7 Å². The van der Waals surface area contributed by atoms with Crippen molar-refractivity contribution in [3.8, 4) is 66.8 Å². The van der Waals surface area contributed by atoms with Crippen LogP contribution in [0.5, 0.6) is 0 Å². The highest BCUT2D eigenvalue weighted by Gasteiger charge is 2.51. The molecule has 5 aliphatic carbocycles. The highest BCUT2D eigenvalue weighted by molar-refractivity contribution is 6.24. The summed E-state index contributed by atoms with van der Waals surface area (Å²) in [6, 6.07) is 83.5. The topological polar surface area (TPSA) is 55.8 Å². The first kappa shape index (κ1) is 55.0. The minimum Gasteiger partial charge on any atom is -0.456 e. The van der Waals surface area contributed by atoms with Crippen LogP contribution in [0, 0.1) is 0 Å². The summed E-state index contributed by atoms with van der Waals surface area (Å²) in [6.45, 7) is 24.5. The fourth-order valence-corrected chi connectivity index (χ4v) is 20.1. The molecular weight excluding hydrogens is 1200 g/mol. The van der Waals surface area contributed by atoms with Gasteiger partial charge >= 0.3 is 0 Å². The first-order valence-electron chi connectivity index (χ1n) is 34.8. The third-order valence-electron chi connectivity index (χ3n) is 24.5. The Labute approximate surface area is 567 Å². The van der Waals surface area contributed by atoms with Gasteiger partial charge in [-0.25, -0.2) is 0 Å². The van der Waals surface area contributed by atoms with E-state index in [0.717, 1.165) is 105 Å². The molecule has 0 fully saturated rings. The molecule has 0 aliphatic heterocycles. The van der Waals surface area contributed by atoms with E-state index in [0.29, 0.717) is 0 Å². The Morgan fingerprint density at radius 3 is 1.10 bits per heavy atom. The number of anilines is 3. The van der Waals surface area contributed by atoms with Gasteiger partial charge in [0.2, 0.25) is 0 Å². The highest BCUT2D eigenvalue weighted by atomic mass is 16.3. The Balaban J connectivity index is 0.781. The predicted octanol–water partition coefficient (Wildman–Crippen LogP) is 26.0. The summed E-state index contributed by atoms with van der Waals surface area (Å²) in [6.07, 6.45) is 0. The Morgan fingerprint density at radius 2 is 0.592 bits per heavy atom. The van der Waals surface area contributed by atoms with Gasteiger partial charge in [-0.1, -0.05) is 215 Å². The van der Waals surface area contributed by atoms with Gasteiger partial charge in [0.15, 0.2) is 0 Å². The summed E-state index contributed by atoms with van der Waals surface area (Å²) < 4.78 is 28.0. The molecule has 13 aromatic carbocycles. The van der Waals surface area contributed by atoms with E-state index in [1.165, 1.54) is 122 Å². The van der Waals surface area contributed by atoms with Crippen LogP contribution in [0.1, 0.15) is 125 Å². The van der Waals surface area contributed by atoms with E-state index < -0.39 is 16.2 Å². The van der Waals surface area contributed by atoms with Gasteiger partial charge in [-0.2, -0.15) is 0 Å². The SMILES string of the molecule is CC1(C)c2cc(N(c3ccc4c(c3)C(C)(C)c3c5c(c6c(oc7ccccc76)c3-4)-c3ccccc3C5(C)C)c3ccc4c(c3)C(C)(C)c3c5c(c6oc7ccccc7c6c3-4)-c3ccccc3C5(C)C)ccc2-c2c1cc(-c1ccc3c(c1)oc1ccccc13)c1oc3ccccc3c21. The number of fused-ring (bicyclic) bond motifs is 34. The molecule has 17 aromatic rings. The van der Waals surface area contributed by atoms with Crippen molar-refractivity contribution < 1.29 is 17.7 Å². The molecule has 0 N–H and O–H groups in total. The predicted molar refractivity (Wildman–Crippen MR) is 403 cm³/mol. The van der Waals surface area contributed by atoms with E-state index >= 15 is 0 Å². The zero-order valence-corrected chi connectivity index (χ0v) is 56.4. The molecule has 4 heterocycles. The lowest BCUT2D eigenvalue weighted by atomic mass is 9.72. The molecule has 98 heavy (non-hydrogen) atoms. The lowest BCUT2D eigenvalue weighted by Crippen LogP contribution is -2.24. The molecule has 468 valence electrons. The van der Waals surface area contributed by atoms with Crippen LogP contribution >= 0.6 is 0 Å². The third-order valence-corrected chi connectivity index (χ3v) is 24.5.